The standard InChI is InChI=1S/C25H27N7O2/c1-2-5-20-14-22(32-25(29-20)30-23(31-32)18-6-3-12-26-15-18)28-19-10-8-17(9-11-19)24(33)27-16-21-7-4-13-34-21/h3,6,8-12,14-15,21,28H,2,4-5,7,13,16H2,1H3,(H,27,33)/t21-/m1/s1. The molecular formula is C25H27N7O2. The summed E-state index contributed by atoms with van der Waals surface area (Å²) in [6.07, 6.45) is 7.43. The second-order valence-electron chi connectivity index (χ2n) is 8.32. The third-order valence-corrected chi connectivity index (χ3v) is 5.72. The van der Waals surface area contributed by atoms with Gasteiger partial charge in [-0.15, -0.1) is 5.10 Å². The first-order chi connectivity index (χ1) is 16.7. The summed E-state index contributed by atoms with van der Waals surface area (Å²) < 4.78 is 7.27. The molecule has 9 heteroatoms. The number of amides is 1. The Hall–Kier alpha value is -3.85. The predicted octanol–water partition coefficient (Wildman–Crippen LogP) is 3.79. The van der Waals surface area contributed by atoms with E-state index in [9.17, 15) is 4.79 Å². The molecule has 1 atom stereocenters. The van der Waals surface area contributed by atoms with E-state index in [1.54, 1.807) is 29.0 Å². The summed E-state index contributed by atoms with van der Waals surface area (Å²) >= 11 is 0. The summed E-state index contributed by atoms with van der Waals surface area (Å²) in [5.74, 6) is 1.75. The Morgan fingerprint density at radius 3 is 2.82 bits per heavy atom. The number of hydrogen-bond acceptors (Lipinski definition) is 7. The summed E-state index contributed by atoms with van der Waals surface area (Å²) in [6.45, 7) is 3.44. The van der Waals surface area contributed by atoms with Gasteiger partial charge in [0.1, 0.15) is 5.82 Å². The van der Waals surface area contributed by atoms with Crippen LogP contribution in [0.2, 0.25) is 0 Å². The fourth-order valence-corrected chi connectivity index (χ4v) is 3.97. The van der Waals surface area contributed by atoms with Crippen molar-refractivity contribution >= 4 is 23.2 Å². The fourth-order valence-electron chi connectivity index (χ4n) is 3.97. The zero-order valence-electron chi connectivity index (χ0n) is 19.1. The third kappa shape index (κ3) is 4.89. The Bertz CT molecular complexity index is 1270. The highest BCUT2D eigenvalue weighted by Gasteiger charge is 2.17. The maximum atomic E-state index is 12.5. The first-order valence-electron chi connectivity index (χ1n) is 11.6. The number of ether oxygens (including phenoxy) is 1. The van der Waals surface area contributed by atoms with Crippen molar-refractivity contribution in [3.63, 3.8) is 0 Å². The minimum Gasteiger partial charge on any atom is -0.376 e. The van der Waals surface area contributed by atoms with Gasteiger partial charge < -0.3 is 15.4 Å². The number of carbonyl (C=O) groups excluding carboxylic acids is 1. The molecule has 34 heavy (non-hydrogen) atoms. The smallest absolute Gasteiger partial charge is 0.254 e. The van der Waals surface area contributed by atoms with Gasteiger partial charge in [-0.3, -0.25) is 9.78 Å². The van der Waals surface area contributed by atoms with Crippen LogP contribution in [0.1, 0.15) is 42.2 Å². The molecule has 9 nitrogen and oxygen atoms in total. The molecule has 0 bridgehead atoms. The van der Waals surface area contributed by atoms with Gasteiger partial charge in [0, 0.05) is 54.1 Å². The Morgan fingerprint density at radius 1 is 1.21 bits per heavy atom. The van der Waals surface area contributed by atoms with Crippen molar-refractivity contribution in [2.75, 3.05) is 18.5 Å². The molecule has 1 aliphatic rings. The lowest BCUT2D eigenvalue weighted by Gasteiger charge is -2.12. The zero-order valence-corrected chi connectivity index (χ0v) is 19.1. The molecule has 1 aromatic carbocycles. The maximum Gasteiger partial charge on any atom is 0.254 e. The molecule has 2 N–H and O–H groups in total. The average Bonchev–Trinajstić information content (AvgIpc) is 3.54. The molecule has 1 saturated heterocycles. The van der Waals surface area contributed by atoms with Crippen LogP contribution in [-0.4, -0.2) is 49.7 Å². The number of benzene rings is 1. The molecule has 4 heterocycles. The summed E-state index contributed by atoms with van der Waals surface area (Å²) in [5, 5.41) is 11.0. The predicted molar refractivity (Wildman–Crippen MR) is 129 cm³/mol. The quantitative estimate of drug-likeness (QED) is 0.415. The Balaban J connectivity index is 1.36. The van der Waals surface area contributed by atoms with E-state index < -0.39 is 0 Å². The van der Waals surface area contributed by atoms with E-state index in [-0.39, 0.29) is 12.0 Å². The van der Waals surface area contributed by atoms with Crippen LogP contribution in [0, 0.1) is 0 Å². The number of rotatable bonds is 8. The van der Waals surface area contributed by atoms with E-state index >= 15 is 0 Å². The molecule has 174 valence electrons. The molecule has 4 aromatic rings. The monoisotopic (exact) mass is 457 g/mol. The van der Waals surface area contributed by atoms with Crippen LogP contribution in [0.4, 0.5) is 11.5 Å². The van der Waals surface area contributed by atoms with E-state index in [2.05, 4.69) is 37.6 Å². The van der Waals surface area contributed by atoms with E-state index in [4.69, 9.17) is 4.74 Å². The molecule has 3 aromatic heterocycles. The second kappa shape index (κ2) is 9.96. The maximum absolute atomic E-state index is 12.5. The molecule has 0 spiro atoms. The number of aromatic nitrogens is 5. The van der Waals surface area contributed by atoms with Crippen LogP contribution >= 0.6 is 0 Å². The number of anilines is 2. The number of nitrogens with one attached hydrogen (secondary N) is 2. The van der Waals surface area contributed by atoms with Crippen LogP contribution in [-0.2, 0) is 11.2 Å². The number of carbonyl (C=O) groups is 1. The lowest BCUT2D eigenvalue weighted by atomic mass is 10.2. The second-order valence-corrected chi connectivity index (χ2v) is 8.32. The molecule has 0 aliphatic carbocycles. The zero-order chi connectivity index (χ0) is 23.3. The number of hydrogen-bond donors (Lipinski definition) is 2. The van der Waals surface area contributed by atoms with Crippen molar-refractivity contribution < 1.29 is 9.53 Å². The van der Waals surface area contributed by atoms with Gasteiger partial charge >= 0.3 is 0 Å². The summed E-state index contributed by atoms with van der Waals surface area (Å²) in [6, 6.07) is 13.1. The Morgan fingerprint density at radius 2 is 2.09 bits per heavy atom. The van der Waals surface area contributed by atoms with Crippen molar-refractivity contribution in [3.8, 4) is 11.4 Å². The lowest BCUT2D eigenvalue weighted by molar-refractivity contribution is 0.0858. The molecule has 0 saturated carbocycles. The fraction of sp³-hybridized carbons (Fsp3) is 0.320. The largest absolute Gasteiger partial charge is 0.376 e. The molecular weight excluding hydrogens is 430 g/mol. The van der Waals surface area contributed by atoms with E-state index in [1.165, 1.54) is 0 Å². The minimum absolute atomic E-state index is 0.101. The number of fused-ring (bicyclic) bond motifs is 1. The lowest BCUT2D eigenvalue weighted by Crippen LogP contribution is -2.31. The third-order valence-electron chi connectivity index (χ3n) is 5.72. The van der Waals surface area contributed by atoms with Gasteiger partial charge in [0.2, 0.25) is 0 Å². The molecule has 5 rings (SSSR count). The molecule has 1 amide bonds. The van der Waals surface area contributed by atoms with E-state index in [0.717, 1.165) is 55.1 Å². The van der Waals surface area contributed by atoms with Crippen molar-refractivity contribution in [2.45, 2.75) is 38.7 Å². The SMILES string of the molecule is CCCc1cc(Nc2ccc(C(=O)NC[C@H]3CCCO3)cc2)n2nc(-c3cccnc3)nc2n1. The van der Waals surface area contributed by atoms with Crippen LogP contribution in [0.15, 0.2) is 54.9 Å². The van der Waals surface area contributed by atoms with Gasteiger partial charge in [0.25, 0.3) is 11.7 Å². The van der Waals surface area contributed by atoms with Gasteiger partial charge in [-0.25, -0.2) is 4.98 Å². The first-order valence-corrected chi connectivity index (χ1v) is 11.6. The topological polar surface area (TPSA) is 106 Å². The summed E-state index contributed by atoms with van der Waals surface area (Å²) in [7, 11) is 0. The summed E-state index contributed by atoms with van der Waals surface area (Å²) in [5.41, 5.74) is 3.21. The Kier molecular flexibility index (Phi) is 6.44. The van der Waals surface area contributed by atoms with Crippen LogP contribution in [0.25, 0.3) is 17.2 Å². The highest BCUT2D eigenvalue weighted by atomic mass is 16.5. The van der Waals surface area contributed by atoms with Crippen molar-refractivity contribution in [3.05, 3.63) is 66.1 Å². The van der Waals surface area contributed by atoms with Crippen molar-refractivity contribution in [1.29, 1.82) is 0 Å². The van der Waals surface area contributed by atoms with Crippen molar-refractivity contribution in [1.82, 2.24) is 29.9 Å². The van der Waals surface area contributed by atoms with Crippen LogP contribution in [0.3, 0.4) is 0 Å². The summed E-state index contributed by atoms with van der Waals surface area (Å²) in [4.78, 5) is 25.9. The van der Waals surface area contributed by atoms with Gasteiger partial charge in [-0.2, -0.15) is 9.50 Å². The van der Waals surface area contributed by atoms with Gasteiger partial charge in [0.05, 0.1) is 6.10 Å². The number of pyridine rings is 1. The highest BCUT2D eigenvalue weighted by molar-refractivity contribution is 5.94. The highest BCUT2D eigenvalue weighted by Crippen LogP contribution is 2.22. The van der Waals surface area contributed by atoms with Gasteiger partial charge in [-0.05, 0) is 55.7 Å². The molecule has 0 radical (unpaired) electrons. The Labute approximate surface area is 197 Å². The van der Waals surface area contributed by atoms with Crippen molar-refractivity contribution in [2.24, 2.45) is 0 Å². The van der Waals surface area contributed by atoms with Gasteiger partial charge in [-0.1, -0.05) is 13.3 Å². The van der Waals surface area contributed by atoms with Crippen LogP contribution in [0.5, 0.6) is 0 Å². The van der Waals surface area contributed by atoms with Gasteiger partial charge in [0.15, 0.2) is 5.82 Å². The number of nitrogens with zero attached hydrogens (tertiary/aromatic N) is 5. The van der Waals surface area contributed by atoms with E-state index in [1.807, 2.05) is 30.3 Å². The molecule has 1 aliphatic heterocycles. The van der Waals surface area contributed by atoms with Crippen LogP contribution < -0.4 is 10.6 Å². The average molecular weight is 458 g/mol. The molecule has 0 unspecified atom stereocenters. The first kappa shape index (κ1) is 22.0. The molecule has 1 fully saturated rings. The van der Waals surface area contributed by atoms with E-state index in [0.29, 0.717) is 23.7 Å². The number of aryl methyl sites for hydroxylation is 1. The normalized spacial score (nSPS) is 15.5. The minimum atomic E-state index is -0.101.